The first kappa shape index (κ1) is 15.0. The summed E-state index contributed by atoms with van der Waals surface area (Å²) in [7, 11) is 0. The fourth-order valence-corrected chi connectivity index (χ4v) is 2.72. The van der Waals surface area contributed by atoms with Crippen molar-refractivity contribution in [2.45, 2.75) is 52.3 Å². The zero-order chi connectivity index (χ0) is 13.2. The topological polar surface area (TPSA) is 20.3 Å². The van der Waals surface area contributed by atoms with Crippen LogP contribution < -0.4 is 0 Å². The quantitative estimate of drug-likeness (QED) is 0.713. The van der Waals surface area contributed by atoms with Crippen molar-refractivity contribution < 1.29 is 4.79 Å². The number of halogens is 1. The van der Waals surface area contributed by atoms with E-state index < -0.39 is 0 Å². The summed E-state index contributed by atoms with van der Waals surface area (Å²) in [5.41, 5.74) is 0.376. The molecule has 1 heterocycles. The van der Waals surface area contributed by atoms with Crippen molar-refractivity contribution in [3.05, 3.63) is 0 Å². The molecule has 0 bridgehead atoms. The summed E-state index contributed by atoms with van der Waals surface area (Å²) in [4.78, 5) is 14.2. The average molecular weight is 304 g/mol. The number of carbonyl (C=O) groups excluding carboxylic acids is 1. The molecule has 1 atom stereocenters. The van der Waals surface area contributed by atoms with Crippen molar-refractivity contribution in [1.82, 2.24) is 4.90 Å². The van der Waals surface area contributed by atoms with Gasteiger partial charge < -0.3 is 4.90 Å². The number of amides is 1. The van der Waals surface area contributed by atoms with Gasteiger partial charge in [-0.15, -0.1) is 0 Å². The monoisotopic (exact) mass is 303 g/mol. The Balaban J connectivity index is 2.50. The minimum atomic E-state index is -0.0197. The van der Waals surface area contributed by atoms with Crippen LogP contribution in [0.2, 0.25) is 0 Å². The molecule has 0 aromatic carbocycles. The first-order valence-corrected chi connectivity index (χ1v) is 7.58. The van der Waals surface area contributed by atoms with E-state index in [0.717, 1.165) is 31.8 Å². The summed E-state index contributed by atoms with van der Waals surface area (Å²) < 4.78 is 0. The van der Waals surface area contributed by atoms with E-state index >= 15 is 0 Å². The van der Waals surface area contributed by atoms with Crippen molar-refractivity contribution in [1.29, 1.82) is 0 Å². The molecule has 1 unspecified atom stereocenters. The molecule has 1 amide bonds. The Morgan fingerprint density at radius 1 is 1.24 bits per heavy atom. The van der Waals surface area contributed by atoms with Crippen LogP contribution in [-0.2, 0) is 4.79 Å². The highest BCUT2D eigenvalue weighted by Crippen LogP contribution is 2.34. The van der Waals surface area contributed by atoms with Gasteiger partial charge in [0.15, 0.2) is 0 Å². The summed E-state index contributed by atoms with van der Waals surface area (Å²) in [6, 6.07) is 0. The zero-order valence-corrected chi connectivity index (χ0v) is 13.4. The van der Waals surface area contributed by atoms with Gasteiger partial charge in [-0.1, -0.05) is 50.5 Å². The zero-order valence-electron chi connectivity index (χ0n) is 11.8. The van der Waals surface area contributed by atoms with E-state index in [1.54, 1.807) is 0 Å². The van der Waals surface area contributed by atoms with Crippen molar-refractivity contribution in [2.75, 3.05) is 13.1 Å². The summed E-state index contributed by atoms with van der Waals surface area (Å²) in [5, 5.41) is 0. The highest BCUT2D eigenvalue weighted by atomic mass is 79.9. The second-order valence-corrected chi connectivity index (χ2v) is 7.60. The maximum absolute atomic E-state index is 12.2. The molecule has 0 spiro atoms. The number of rotatable bonds is 2. The third-order valence-electron chi connectivity index (χ3n) is 3.85. The lowest BCUT2D eigenvalue weighted by atomic mass is 9.75. The minimum Gasteiger partial charge on any atom is -0.342 e. The third kappa shape index (κ3) is 3.97. The van der Waals surface area contributed by atoms with Gasteiger partial charge in [-0.25, -0.2) is 0 Å². The maximum Gasteiger partial charge on any atom is 0.236 e. The van der Waals surface area contributed by atoms with Crippen molar-refractivity contribution in [3.63, 3.8) is 0 Å². The lowest BCUT2D eigenvalue weighted by Crippen LogP contribution is -2.45. The van der Waals surface area contributed by atoms with Crippen LogP contribution in [0, 0.1) is 17.3 Å². The normalized spacial score (nSPS) is 20.8. The van der Waals surface area contributed by atoms with E-state index in [1.807, 2.05) is 4.90 Å². The van der Waals surface area contributed by atoms with Crippen LogP contribution in [0.4, 0.5) is 0 Å². The van der Waals surface area contributed by atoms with Gasteiger partial charge in [0.1, 0.15) is 0 Å². The predicted octanol–water partition coefficient (Wildman–Crippen LogP) is 3.69. The van der Waals surface area contributed by atoms with Gasteiger partial charge in [-0.05, 0) is 30.1 Å². The highest BCUT2D eigenvalue weighted by Gasteiger charge is 2.32. The fraction of sp³-hybridized carbons (Fsp3) is 0.929. The third-order valence-corrected chi connectivity index (χ3v) is 5.30. The van der Waals surface area contributed by atoms with Crippen LogP contribution in [0.3, 0.4) is 0 Å². The molecular weight excluding hydrogens is 278 g/mol. The molecule has 0 radical (unpaired) electrons. The second kappa shape index (κ2) is 5.73. The van der Waals surface area contributed by atoms with E-state index in [9.17, 15) is 4.79 Å². The van der Waals surface area contributed by atoms with Crippen LogP contribution in [-0.4, -0.2) is 28.7 Å². The molecule has 0 saturated carbocycles. The Morgan fingerprint density at radius 2 is 1.71 bits per heavy atom. The molecule has 0 aromatic rings. The first-order chi connectivity index (χ1) is 7.73. The maximum atomic E-state index is 12.2. The molecule has 1 saturated heterocycles. The summed E-state index contributed by atoms with van der Waals surface area (Å²) in [6.45, 7) is 12.9. The van der Waals surface area contributed by atoms with Crippen LogP contribution in [0.25, 0.3) is 0 Å². The molecule has 17 heavy (non-hydrogen) atoms. The Morgan fingerprint density at radius 3 is 2.06 bits per heavy atom. The molecule has 2 nitrogen and oxygen atoms in total. The van der Waals surface area contributed by atoms with Gasteiger partial charge in [0.2, 0.25) is 5.91 Å². The van der Waals surface area contributed by atoms with E-state index in [0.29, 0.717) is 11.3 Å². The van der Waals surface area contributed by atoms with Crippen LogP contribution >= 0.6 is 15.9 Å². The van der Waals surface area contributed by atoms with E-state index in [-0.39, 0.29) is 10.7 Å². The molecule has 1 aliphatic heterocycles. The minimum absolute atomic E-state index is 0.0197. The lowest BCUT2D eigenvalue weighted by Gasteiger charge is -2.39. The average Bonchev–Trinajstić information content (AvgIpc) is 2.26. The SMILES string of the molecule is CC(C)C(Br)C(=O)N1CCC(C(C)(C)C)CC1. The molecule has 100 valence electrons. The Bertz CT molecular complexity index is 262. The molecule has 1 aliphatic rings. The summed E-state index contributed by atoms with van der Waals surface area (Å²) in [5.74, 6) is 1.38. The molecule has 0 aromatic heterocycles. The Hall–Kier alpha value is -0.0500. The molecule has 1 fully saturated rings. The number of hydrogen-bond donors (Lipinski definition) is 0. The molecule has 3 heteroatoms. The molecular formula is C14H26BrNO. The van der Waals surface area contributed by atoms with Gasteiger partial charge in [0.05, 0.1) is 4.83 Å². The largest absolute Gasteiger partial charge is 0.342 e. The number of nitrogens with zero attached hydrogens (tertiary/aromatic N) is 1. The summed E-state index contributed by atoms with van der Waals surface area (Å²) >= 11 is 3.51. The second-order valence-electron chi connectivity index (χ2n) is 6.61. The van der Waals surface area contributed by atoms with Gasteiger partial charge in [0, 0.05) is 13.1 Å². The van der Waals surface area contributed by atoms with Crippen molar-refractivity contribution >= 4 is 21.8 Å². The van der Waals surface area contributed by atoms with Gasteiger partial charge in [0.25, 0.3) is 0 Å². The number of carbonyl (C=O) groups is 1. The Labute approximate surface area is 114 Å². The Kier molecular flexibility index (Phi) is 5.06. The van der Waals surface area contributed by atoms with Crippen molar-refractivity contribution in [2.24, 2.45) is 17.3 Å². The van der Waals surface area contributed by atoms with Crippen LogP contribution in [0.1, 0.15) is 47.5 Å². The van der Waals surface area contributed by atoms with Crippen LogP contribution in [0.15, 0.2) is 0 Å². The molecule has 0 aliphatic carbocycles. The number of hydrogen-bond acceptors (Lipinski definition) is 1. The lowest BCUT2D eigenvalue weighted by molar-refractivity contribution is -0.133. The van der Waals surface area contributed by atoms with Gasteiger partial charge in [-0.2, -0.15) is 0 Å². The van der Waals surface area contributed by atoms with Crippen molar-refractivity contribution in [3.8, 4) is 0 Å². The predicted molar refractivity (Wildman–Crippen MR) is 76.3 cm³/mol. The van der Waals surface area contributed by atoms with E-state index in [2.05, 4.69) is 50.5 Å². The smallest absolute Gasteiger partial charge is 0.236 e. The van der Waals surface area contributed by atoms with Gasteiger partial charge >= 0.3 is 0 Å². The van der Waals surface area contributed by atoms with Crippen LogP contribution in [0.5, 0.6) is 0 Å². The number of piperidine rings is 1. The van der Waals surface area contributed by atoms with E-state index in [1.165, 1.54) is 0 Å². The standard InChI is InChI=1S/C14H26BrNO/c1-10(2)12(15)13(17)16-8-6-11(7-9-16)14(3,4)5/h10-12H,6-9H2,1-5H3. The number of likely N-dealkylation sites (tertiary alicyclic amines) is 1. The fourth-order valence-electron chi connectivity index (χ4n) is 2.43. The highest BCUT2D eigenvalue weighted by molar-refractivity contribution is 9.10. The first-order valence-electron chi connectivity index (χ1n) is 6.66. The van der Waals surface area contributed by atoms with E-state index in [4.69, 9.17) is 0 Å². The number of alkyl halides is 1. The molecule has 0 N–H and O–H groups in total. The summed E-state index contributed by atoms with van der Waals surface area (Å²) in [6.07, 6.45) is 2.29. The van der Waals surface area contributed by atoms with Gasteiger partial charge in [-0.3, -0.25) is 4.79 Å². The molecule has 1 rings (SSSR count).